The summed E-state index contributed by atoms with van der Waals surface area (Å²) in [6.45, 7) is 2.60. The first-order valence-electron chi connectivity index (χ1n) is 9.55. The molecule has 4 atom stereocenters. The van der Waals surface area contributed by atoms with Gasteiger partial charge in [-0.15, -0.1) is 0 Å². The Morgan fingerprint density at radius 2 is 1.75 bits per heavy atom. The summed E-state index contributed by atoms with van der Waals surface area (Å²) in [5.41, 5.74) is 0. The van der Waals surface area contributed by atoms with Crippen LogP contribution in [0.4, 0.5) is 0 Å². The number of aliphatic hydroxyl groups is 3. The zero-order chi connectivity index (χ0) is 17.6. The van der Waals surface area contributed by atoms with Crippen molar-refractivity contribution in [1.29, 1.82) is 0 Å². The van der Waals surface area contributed by atoms with E-state index in [1.54, 1.807) is 0 Å². The summed E-state index contributed by atoms with van der Waals surface area (Å²) in [7, 11) is 0. The van der Waals surface area contributed by atoms with Crippen molar-refractivity contribution in [2.45, 2.75) is 89.1 Å². The summed E-state index contributed by atoms with van der Waals surface area (Å²) in [6.07, 6.45) is 12.4. The van der Waals surface area contributed by atoms with Gasteiger partial charge in [0.25, 0.3) is 0 Å². The highest BCUT2D eigenvalue weighted by molar-refractivity contribution is 4.89. The van der Waals surface area contributed by atoms with E-state index in [1.807, 2.05) is 0 Å². The van der Waals surface area contributed by atoms with Crippen LogP contribution < -0.4 is 0 Å². The lowest BCUT2D eigenvalue weighted by atomic mass is 10.1. The Labute approximate surface area is 146 Å². The number of rotatable bonds is 14. The maximum atomic E-state index is 9.99. The molecular weight excluding hydrogens is 308 g/mol. The van der Waals surface area contributed by atoms with E-state index in [0.29, 0.717) is 6.61 Å². The molecule has 0 aromatic heterocycles. The standard InChI is InChI=1S/C19H36O5/c1-2-3-4-5-6-7-8-9-10-11-12-13-23-17-15-24-19(18(17)22)16(21)14-20/h10-11,16-22H,2-9,12-15H2,1H3/b11-10+/t16-,17+,18-,19-/m0/s1. The van der Waals surface area contributed by atoms with Crippen LogP contribution in [0.2, 0.25) is 0 Å². The van der Waals surface area contributed by atoms with Gasteiger partial charge in [0.1, 0.15) is 24.4 Å². The summed E-state index contributed by atoms with van der Waals surface area (Å²) in [4.78, 5) is 0. The molecule has 5 nitrogen and oxygen atoms in total. The molecule has 3 N–H and O–H groups in total. The van der Waals surface area contributed by atoms with E-state index >= 15 is 0 Å². The molecule has 1 fully saturated rings. The first-order chi connectivity index (χ1) is 11.7. The van der Waals surface area contributed by atoms with Crippen molar-refractivity contribution in [1.82, 2.24) is 0 Å². The average Bonchev–Trinajstić information content (AvgIpc) is 2.96. The summed E-state index contributed by atoms with van der Waals surface area (Å²) in [5, 5.41) is 28.4. The van der Waals surface area contributed by atoms with E-state index in [9.17, 15) is 10.2 Å². The van der Waals surface area contributed by atoms with Crippen molar-refractivity contribution in [2.75, 3.05) is 19.8 Å². The van der Waals surface area contributed by atoms with E-state index < -0.39 is 31.0 Å². The van der Waals surface area contributed by atoms with Gasteiger partial charge in [-0.1, -0.05) is 57.6 Å². The third-order valence-corrected chi connectivity index (χ3v) is 4.49. The molecule has 0 radical (unpaired) electrons. The van der Waals surface area contributed by atoms with Crippen molar-refractivity contribution >= 4 is 0 Å². The molecule has 0 aliphatic carbocycles. The third-order valence-electron chi connectivity index (χ3n) is 4.49. The molecule has 24 heavy (non-hydrogen) atoms. The third kappa shape index (κ3) is 8.58. The number of ether oxygens (including phenoxy) is 2. The Kier molecular flexibility index (Phi) is 12.4. The minimum atomic E-state index is -1.06. The molecule has 0 saturated carbocycles. The maximum absolute atomic E-state index is 9.99. The fraction of sp³-hybridized carbons (Fsp3) is 0.895. The van der Waals surface area contributed by atoms with Crippen molar-refractivity contribution in [3.05, 3.63) is 12.2 Å². The van der Waals surface area contributed by atoms with Crippen LogP contribution in [0.1, 0.15) is 64.7 Å². The predicted octanol–water partition coefficient (Wildman–Crippen LogP) is 2.57. The van der Waals surface area contributed by atoms with Crippen LogP contribution in [0.15, 0.2) is 12.2 Å². The van der Waals surface area contributed by atoms with Gasteiger partial charge in [0, 0.05) is 0 Å². The lowest BCUT2D eigenvalue weighted by Crippen LogP contribution is -2.41. The van der Waals surface area contributed by atoms with Crippen molar-refractivity contribution in [2.24, 2.45) is 0 Å². The zero-order valence-electron chi connectivity index (χ0n) is 15.1. The topological polar surface area (TPSA) is 79.2 Å². The largest absolute Gasteiger partial charge is 0.394 e. The molecule has 5 heteroatoms. The summed E-state index contributed by atoms with van der Waals surface area (Å²) in [5.74, 6) is 0. The molecule has 1 rings (SSSR count). The Bertz CT molecular complexity index is 321. The Morgan fingerprint density at radius 1 is 1.08 bits per heavy atom. The first-order valence-corrected chi connectivity index (χ1v) is 9.55. The van der Waals surface area contributed by atoms with E-state index in [4.69, 9.17) is 14.6 Å². The predicted molar refractivity (Wildman–Crippen MR) is 94.9 cm³/mol. The monoisotopic (exact) mass is 344 g/mol. The van der Waals surface area contributed by atoms with Gasteiger partial charge in [0.05, 0.1) is 19.8 Å². The van der Waals surface area contributed by atoms with Gasteiger partial charge in [-0.25, -0.2) is 0 Å². The fourth-order valence-corrected chi connectivity index (χ4v) is 2.95. The second-order valence-corrected chi connectivity index (χ2v) is 6.62. The fourth-order valence-electron chi connectivity index (χ4n) is 2.95. The molecular formula is C19H36O5. The van der Waals surface area contributed by atoms with Crippen LogP contribution in [0, 0.1) is 0 Å². The van der Waals surface area contributed by atoms with Gasteiger partial charge in [-0.3, -0.25) is 0 Å². The molecule has 1 aliphatic rings. The summed E-state index contributed by atoms with van der Waals surface area (Å²) in [6, 6.07) is 0. The molecule has 1 saturated heterocycles. The quantitative estimate of drug-likeness (QED) is 0.333. The van der Waals surface area contributed by atoms with Crippen LogP contribution in [0.5, 0.6) is 0 Å². The number of allylic oxidation sites excluding steroid dienone is 1. The molecule has 0 unspecified atom stereocenters. The van der Waals surface area contributed by atoms with Crippen LogP contribution in [0.25, 0.3) is 0 Å². The van der Waals surface area contributed by atoms with Gasteiger partial charge in [0.2, 0.25) is 0 Å². The molecule has 1 aliphatic heterocycles. The zero-order valence-corrected chi connectivity index (χ0v) is 15.1. The molecule has 0 amide bonds. The Hall–Kier alpha value is -0.460. The molecule has 0 aromatic rings. The van der Waals surface area contributed by atoms with Gasteiger partial charge in [-0.05, 0) is 19.3 Å². The minimum Gasteiger partial charge on any atom is -0.394 e. The average molecular weight is 344 g/mol. The Morgan fingerprint density at radius 3 is 2.46 bits per heavy atom. The first kappa shape index (κ1) is 21.6. The van der Waals surface area contributed by atoms with Gasteiger partial charge in [0.15, 0.2) is 0 Å². The van der Waals surface area contributed by atoms with E-state index in [0.717, 1.165) is 12.8 Å². The van der Waals surface area contributed by atoms with Gasteiger partial charge in [-0.2, -0.15) is 0 Å². The van der Waals surface area contributed by atoms with Crippen molar-refractivity contribution < 1.29 is 24.8 Å². The Balaban J connectivity index is 1.96. The number of unbranched alkanes of at least 4 members (excludes halogenated alkanes) is 7. The highest BCUT2D eigenvalue weighted by Crippen LogP contribution is 2.20. The van der Waals surface area contributed by atoms with Crippen molar-refractivity contribution in [3.8, 4) is 0 Å². The van der Waals surface area contributed by atoms with Gasteiger partial charge < -0.3 is 24.8 Å². The number of aliphatic hydroxyl groups excluding tert-OH is 3. The van der Waals surface area contributed by atoms with Crippen LogP contribution in [-0.4, -0.2) is 59.6 Å². The summed E-state index contributed by atoms with van der Waals surface area (Å²) >= 11 is 0. The van der Waals surface area contributed by atoms with E-state index in [2.05, 4.69) is 19.1 Å². The van der Waals surface area contributed by atoms with Crippen LogP contribution >= 0.6 is 0 Å². The van der Waals surface area contributed by atoms with Gasteiger partial charge >= 0.3 is 0 Å². The lowest BCUT2D eigenvalue weighted by Gasteiger charge is -2.20. The SMILES string of the molecule is CCCCCCCCC/C=C/CCO[C@@H]1CO[C@@H]([C@@H](O)CO)[C@H]1O. The highest BCUT2D eigenvalue weighted by Gasteiger charge is 2.40. The smallest absolute Gasteiger partial charge is 0.114 e. The second kappa shape index (κ2) is 13.8. The number of hydrogen-bond donors (Lipinski definition) is 3. The van der Waals surface area contributed by atoms with Crippen molar-refractivity contribution in [3.63, 3.8) is 0 Å². The second-order valence-electron chi connectivity index (χ2n) is 6.62. The van der Waals surface area contributed by atoms with Crippen LogP contribution in [-0.2, 0) is 9.47 Å². The maximum Gasteiger partial charge on any atom is 0.114 e. The van der Waals surface area contributed by atoms with E-state index in [-0.39, 0.29) is 6.61 Å². The highest BCUT2D eigenvalue weighted by atomic mass is 16.6. The van der Waals surface area contributed by atoms with Crippen LogP contribution in [0.3, 0.4) is 0 Å². The number of hydrogen-bond acceptors (Lipinski definition) is 5. The normalized spacial score (nSPS) is 25.6. The molecule has 142 valence electrons. The molecule has 0 spiro atoms. The summed E-state index contributed by atoms with van der Waals surface area (Å²) < 4.78 is 10.9. The molecule has 1 heterocycles. The molecule has 0 aromatic carbocycles. The lowest BCUT2D eigenvalue weighted by molar-refractivity contribution is -0.0726. The molecule has 0 bridgehead atoms. The van der Waals surface area contributed by atoms with E-state index in [1.165, 1.54) is 44.9 Å². The minimum absolute atomic E-state index is 0.255.